The topological polar surface area (TPSA) is 109 Å². The average molecular weight is 301 g/mol. The predicted molar refractivity (Wildman–Crippen MR) is 70.6 cm³/mol. The maximum absolute atomic E-state index is 11.8. The lowest BCUT2D eigenvalue weighted by atomic mass is 10.5. The second-order valence-electron chi connectivity index (χ2n) is 3.68. The van der Waals surface area contributed by atoms with E-state index >= 15 is 0 Å². The van der Waals surface area contributed by atoms with Crippen molar-refractivity contribution < 1.29 is 24.2 Å². The minimum absolute atomic E-state index is 0.0545. The molecule has 1 aromatic rings. The summed E-state index contributed by atoms with van der Waals surface area (Å²) in [6.45, 7) is 2.04. The fourth-order valence-corrected chi connectivity index (χ4v) is 2.01. The van der Waals surface area contributed by atoms with E-state index in [0.717, 1.165) is 11.3 Å². The van der Waals surface area contributed by atoms with Crippen LogP contribution in [-0.4, -0.2) is 53.2 Å². The third-order valence-corrected chi connectivity index (χ3v) is 3.23. The van der Waals surface area contributed by atoms with E-state index in [2.05, 4.69) is 15.0 Å². The normalized spacial score (nSPS) is 9.90. The quantitative estimate of drug-likeness (QED) is 0.743. The van der Waals surface area contributed by atoms with E-state index in [1.165, 1.54) is 17.4 Å². The Morgan fingerprint density at radius 1 is 1.50 bits per heavy atom. The summed E-state index contributed by atoms with van der Waals surface area (Å²) >= 11 is 1.14. The zero-order valence-electron chi connectivity index (χ0n) is 11.1. The number of urea groups is 1. The maximum atomic E-state index is 11.8. The van der Waals surface area contributed by atoms with E-state index in [1.54, 1.807) is 6.92 Å². The van der Waals surface area contributed by atoms with Crippen molar-refractivity contribution in [3.8, 4) is 0 Å². The number of ether oxygens (including phenoxy) is 1. The molecule has 0 aliphatic heterocycles. The van der Waals surface area contributed by atoms with E-state index in [-0.39, 0.29) is 18.8 Å². The van der Waals surface area contributed by atoms with Gasteiger partial charge >= 0.3 is 18.0 Å². The summed E-state index contributed by atoms with van der Waals surface area (Å²) in [5, 5.41) is 13.2. The number of likely N-dealkylation sites (N-methyl/N-ethyl adjacent to an activating group) is 1. The third-order valence-electron chi connectivity index (χ3n) is 2.38. The number of aromatic carboxylic acids is 1. The number of nitrogens with one attached hydrogen (secondary N) is 1. The molecular weight excluding hydrogens is 286 g/mol. The number of esters is 1. The number of thiazole rings is 1. The van der Waals surface area contributed by atoms with Gasteiger partial charge < -0.3 is 20.1 Å². The molecular formula is C11H15N3O5S. The fraction of sp³-hybridized carbons (Fsp3) is 0.455. The van der Waals surface area contributed by atoms with Gasteiger partial charge in [0.2, 0.25) is 0 Å². The summed E-state index contributed by atoms with van der Waals surface area (Å²) in [7, 11) is 1.25. The van der Waals surface area contributed by atoms with Crippen LogP contribution in [0.15, 0.2) is 5.38 Å². The van der Waals surface area contributed by atoms with E-state index in [9.17, 15) is 14.4 Å². The number of carbonyl (C=O) groups excluding carboxylic acids is 2. The lowest BCUT2D eigenvalue weighted by Gasteiger charge is -2.19. The van der Waals surface area contributed by atoms with Gasteiger partial charge in [0.05, 0.1) is 13.7 Å². The number of carbonyl (C=O) groups is 3. The Morgan fingerprint density at radius 3 is 2.70 bits per heavy atom. The first-order chi connectivity index (χ1) is 9.47. The molecule has 20 heavy (non-hydrogen) atoms. The van der Waals surface area contributed by atoms with E-state index in [0.29, 0.717) is 11.6 Å². The zero-order chi connectivity index (χ0) is 15.1. The van der Waals surface area contributed by atoms with E-state index in [4.69, 9.17) is 5.11 Å². The molecule has 1 aromatic heterocycles. The first kappa shape index (κ1) is 15.9. The van der Waals surface area contributed by atoms with Gasteiger partial charge in [-0.1, -0.05) is 0 Å². The van der Waals surface area contributed by atoms with Crippen LogP contribution in [0.5, 0.6) is 0 Å². The first-order valence-corrected chi connectivity index (χ1v) is 6.63. The van der Waals surface area contributed by atoms with Crippen LogP contribution in [0, 0.1) is 0 Å². The van der Waals surface area contributed by atoms with Crippen molar-refractivity contribution in [2.75, 3.05) is 20.2 Å². The number of nitrogens with zero attached hydrogens (tertiary/aromatic N) is 2. The van der Waals surface area contributed by atoms with Gasteiger partial charge in [0.15, 0.2) is 5.69 Å². The number of hydrogen-bond acceptors (Lipinski definition) is 6. The Bertz CT molecular complexity index is 502. The van der Waals surface area contributed by atoms with E-state index < -0.39 is 18.0 Å². The predicted octanol–water partition coefficient (Wildman–Crippen LogP) is 0.546. The highest BCUT2D eigenvalue weighted by molar-refractivity contribution is 7.09. The highest BCUT2D eigenvalue weighted by Gasteiger charge is 2.16. The monoisotopic (exact) mass is 301 g/mol. The number of aromatic nitrogens is 1. The van der Waals surface area contributed by atoms with Crippen LogP contribution in [0.3, 0.4) is 0 Å². The second kappa shape index (κ2) is 7.43. The minimum atomic E-state index is -1.11. The molecule has 0 atom stereocenters. The molecule has 1 heterocycles. The fourth-order valence-electron chi connectivity index (χ4n) is 1.30. The summed E-state index contributed by atoms with van der Waals surface area (Å²) in [5.74, 6) is -1.62. The minimum Gasteiger partial charge on any atom is -0.476 e. The van der Waals surface area contributed by atoms with Gasteiger partial charge in [0.1, 0.15) is 11.6 Å². The number of amides is 2. The maximum Gasteiger partial charge on any atom is 0.355 e. The molecule has 0 saturated heterocycles. The Balaban J connectivity index is 2.51. The Labute approximate surface area is 119 Å². The van der Waals surface area contributed by atoms with Crippen LogP contribution in [0.2, 0.25) is 0 Å². The summed E-state index contributed by atoms with van der Waals surface area (Å²) < 4.78 is 4.49. The van der Waals surface area contributed by atoms with E-state index in [1.807, 2.05) is 0 Å². The Hall–Kier alpha value is -2.16. The van der Waals surface area contributed by atoms with Crippen LogP contribution < -0.4 is 5.32 Å². The van der Waals surface area contributed by atoms with Gasteiger partial charge in [-0.2, -0.15) is 0 Å². The van der Waals surface area contributed by atoms with Gasteiger partial charge in [-0.25, -0.2) is 14.6 Å². The highest BCUT2D eigenvalue weighted by atomic mass is 32.1. The number of hydrogen-bond donors (Lipinski definition) is 2. The summed E-state index contributed by atoms with van der Waals surface area (Å²) in [5.41, 5.74) is -0.0545. The van der Waals surface area contributed by atoms with Crippen LogP contribution in [-0.2, 0) is 16.1 Å². The average Bonchev–Trinajstić information content (AvgIpc) is 2.90. The number of rotatable bonds is 6. The molecule has 8 nitrogen and oxygen atoms in total. The third kappa shape index (κ3) is 4.50. The van der Waals surface area contributed by atoms with Crippen molar-refractivity contribution in [3.63, 3.8) is 0 Å². The molecule has 0 fully saturated rings. The van der Waals surface area contributed by atoms with Crippen molar-refractivity contribution in [1.82, 2.24) is 15.2 Å². The molecule has 0 spiro atoms. The lowest BCUT2D eigenvalue weighted by molar-refractivity contribution is -0.141. The molecule has 0 radical (unpaired) electrons. The second-order valence-corrected chi connectivity index (χ2v) is 4.62. The molecule has 0 unspecified atom stereocenters. The van der Waals surface area contributed by atoms with Crippen molar-refractivity contribution in [3.05, 3.63) is 16.1 Å². The molecule has 0 saturated carbocycles. The number of carboxylic acid groups (broad SMARTS) is 1. The lowest BCUT2D eigenvalue weighted by Crippen LogP contribution is -2.42. The highest BCUT2D eigenvalue weighted by Crippen LogP contribution is 2.09. The smallest absolute Gasteiger partial charge is 0.355 e. The number of carboxylic acids is 1. The van der Waals surface area contributed by atoms with Crippen LogP contribution in [0.4, 0.5) is 4.79 Å². The molecule has 0 aliphatic carbocycles. The molecule has 110 valence electrons. The summed E-state index contributed by atoms with van der Waals surface area (Å²) in [6.07, 6.45) is 0. The summed E-state index contributed by atoms with van der Waals surface area (Å²) in [4.78, 5) is 38.7. The Kier molecular flexibility index (Phi) is 5.91. The van der Waals surface area contributed by atoms with Crippen molar-refractivity contribution in [2.45, 2.75) is 13.5 Å². The molecule has 1 rings (SSSR count). The molecule has 0 aliphatic rings. The summed E-state index contributed by atoms with van der Waals surface area (Å²) in [6, 6.07) is -0.440. The molecule has 2 N–H and O–H groups in total. The van der Waals surface area contributed by atoms with Crippen LogP contribution in [0.1, 0.15) is 22.4 Å². The SMILES string of the molecule is CCN(CC(=O)OC)C(=O)NCc1nc(C(=O)O)cs1. The van der Waals surface area contributed by atoms with Gasteiger partial charge in [-0.15, -0.1) is 11.3 Å². The van der Waals surface area contributed by atoms with Crippen molar-refractivity contribution in [2.24, 2.45) is 0 Å². The van der Waals surface area contributed by atoms with Crippen molar-refractivity contribution in [1.29, 1.82) is 0 Å². The largest absolute Gasteiger partial charge is 0.476 e. The number of methoxy groups -OCH3 is 1. The molecule has 9 heteroatoms. The molecule has 2 amide bonds. The van der Waals surface area contributed by atoms with Gasteiger partial charge in [0, 0.05) is 11.9 Å². The van der Waals surface area contributed by atoms with Crippen LogP contribution >= 0.6 is 11.3 Å². The van der Waals surface area contributed by atoms with Crippen molar-refractivity contribution >= 4 is 29.3 Å². The molecule has 0 bridgehead atoms. The van der Waals surface area contributed by atoms with Gasteiger partial charge in [-0.05, 0) is 6.92 Å². The van der Waals surface area contributed by atoms with Gasteiger partial charge in [0.25, 0.3) is 0 Å². The zero-order valence-corrected chi connectivity index (χ0v) is 11.9. The van der Waals surface area contributed by atoms with Gasteiger partial charge in [-0.3, -0.25) is 4.79 Å². The first-order valence-electron chi connectivity index (χ1n) is 5.75. The molecule has 0 aromatic carbocycles. The Morgan fingerprint density at radius 2 is 2.20 bits per heavy atom. The van der Waals surface area contributed by atoms with Crippen LogP contribution in [0.25, 0.3) is 0 Å². The standard InChI is InChI=1S/C11H15N3O5S/c1-3-14(5-9(15)19-2)11(18)12-4-8-13-7(6-20-8)10(16)17/h6H,3-5H2,1-2H3,(H,12,18)(H,16,17).